The van der Waals surface area contributed by atoms with Crippen molar-refractivity contribution in [3.05, 3.63) is 36.5 Å². The standard InChI is InChI=1S/C19H27N3O4S/c1-13(2)9-11-22(18(14(3)4)19(23)21-24)27(25,26)16-7-8-17-15(12-16)6-5-10-20-17/h5-8,10,12-14,18,24H,9,11H2,1-4H3,(H,21,23). The van der Waals surface area contributed by atoms with Crippen molar-refractivity contribution in [1.29, 1.82) is 0 Å². The summed E-state index contributed by atoms with van der Waals surface area (Å²) in [5.41, 5.74) is 2.31. The molecule has 0 saturated carbocycles. The van der Waals surface area contributed by atoms with E-state index in [1.807, 2.05) is 13.8 Å². The Morgan fingerprint density at radius 3 is 2.52 bits per heavy atom. The molecule has 0 bridgehead atoms. The molecule has 7 nitrogen and oxygen atoms in total. The SMILES string of the molecule is CC(C)CCN(C(C(=O)NO)C(C)C)S(=O)(=O)c1ccc2ncccc2c1. The van der Waals surface area contributed by atoms with Gasteiger partial charge in [0, 0.05) is 18.1 Å². The number of fused-ring (bicyclic) bond motifs is 1. The number of nitrogens with one attached hydrogen (secondary N) is 1. The predicted molar refractivity (Wildman–Crippen MR) is 104 cm³/mol. The first-order chi connectivity index (χ1) is 12.7. The van der Waals surface area contributed by atoms with Gasteiger partial charge in [-0.2, -0.15) is 4.31 Å². The maximum Gasteiger partial charge on any atom is 0.262 e. The Morgan fingerprint density at radius 2 is 1.93 bits per heavy atom. The van der Waals surface area contributed by atoms with Gasteiger partial charge in [-0.05, 0) is 42.5 Å². The van der Waals surface area contributed by atoms with Crippen molar-refractivity contribution in [3.63, 3.8) is 0 Å². The summed E-state index contributed by atoms with van der Waals surface area (Å²) in [6.07, 6.45) is 2.24. The first kappa shape index (κ1) is 21.3. The van der Waals surface area contributed by atoms with Crippen molar-refractivity contribution in [2.45, 2.75) is 45.1 Å². The van der Waals surface area contributed by atoms with Crippen LogP contribution in [0.1, 0.15) is 34.1 Å². The average Bonchev–Trinajstić information content (AvgIpc) is 2.63. The molecule has 0 saturated heterocycles. The van der Waals surface area contributed by atoms with E-state index in [0.717, 1.165) is 0 Å². The highest BCUT2D eigenvalue weighted by molar-refractivity contribution is 7.89. The summed E-state index contributed by atoms with van der Waals surface area (Å²) >= 11 is 0. The van der Waals surface area contributed by atoms with E-state index in [1.165, 1.54) is 10.4 Å². The number of sulfonamides is 1. The third-order valence-electron chi connectivity index (χ3n) is 4.43. The summed E-state index contributed by atoms with van der Waals surface area (Å²) in [5, 5.41) is 9.83. The number of hydrogen-bond donors (Lipinski definition) is 2. The van der Waals surface area contributed by atoms with Crippen LogP contribution < -0.4 is 5.48 Å². The number of aromatic nitrogens is 1. The second kappa shape index (κ2) is 8.77. The summed E-state index contributed by atoms with van der Waals surface area (Å²) in [4.78, 5) is 16.6. The van der Waals surface area contributed by atoms with Gasteiger partial charge in [-0.1, -0.05) is 33.8 Å². The molecule has 1 atom stereocenters. The number of hydrogen-bond acceptors (Lipinski definition) is 5. The van der Waals surface area contributed by atoms with Crippen LogP contribution in [0.5, 0.6) is 0 Å². The minimum absolute atomic E-state index is 0.100. The van der Waals surface area contributed by atoms with Crippen molar-refractivity contribution >= 4 is 26.8 Å². The van der Waals surface area contributed by atoms with Crippen LogP contribution >= 0.6 is 0 Å². The normalized spacial score (nSPS) is 13.5. The molecule has 0 fully saturated rings. The van der Waals surface area contributed by atoms with Crippen LogP contribution in [-0.2, 0) is 14.8 Å². The largest absolute Gasteiger partial charge is 0.289 e. The van der Waals surface area contributed by atoms with Gasteiger partial charge in [0.2, 0.25) is 10.0 Å². The molecular formula is C19H27N3O4S. The van der Waals surface area contributed by atoms with E-state index in [9.17, 15) is 13.2 Å². The van der Waals surface area contributed by atoms with Crippen molar-refractivity contribution in [2.24, 2.45) is 11.8 Å². The van der Waals surface area contributed by atoms with E-state index in [4.69, 9.17) is 5.21 Å². The Kier molecular flexibility index (Phi) is 6.91. The fraction of sp³-hybridized carbons (Fsp3) is 0.474. The number of carbonyl (C=O) groups excluding carboxylic acids is 1. The zero-order valence-electron chi connectivity index (χ0n) is 16.1. The van der Waals surface area contributed by atoms with Gasteiger partial charge in [-0.3, -0.25) is 15.0 Å². The van der Waals surface area contributed by atoms with Crippen molar-refractivity contribution in [2.75, 3.05) is 6.54 Å². The molecule has 0 aliphatic rings. The Bertz CT molecular complexity index is 897. The number of benzene rings is 1. The van der Waals surface area contributed by atoms with Gasteiger partial charge in [0.1, 0.15) is 6.04 Å². The smallest absolute Gasteiger partial charge is 0.262 e. The summed E-state index contributed by atoms with van der Waals surface area (Å²) in [7, 11) is -3.95. The molecule has 0 radical (unpaired) electrons. The van der Waals surface area contributed by atoms with Crippen LogP contribution in [0, 0.1) is 11.8 Å². The number of carbonyl (C=O) groups is 1. The van der Waals surface area contributed by atoms with E-state index < -0.39 is 22.0 Å². The van der Waals surface area contributed by atoms with Crippen LogP contribution in [0.25, 0.3) is 10.9 Å². The van der Waals surface area contributed by atoms with Crippen LogP contribution in [0.2, 0.25) is 0 Å². The zero-order chi connectivity index (χ0) is 20.2. The summed E-state index contributed by atoms with van der Waals surface area (Å²) in [6, 6.07) is 7.24. The van der Waals surface area contributed by atoms with E-state index in [-0.39, 0.29) is 23.3 Å². The highest BCUT2D eigenvalue weighted by atomic mass is 32.2. The Labute approximate surface area is 160 Å². The van der Waals surface area contributed by atoms with E-state index in [1.54, 1.807) is 49.8 Å². The fourth-order valence-electron chi connectivity index (χ4n) is 2.98. The van der Waals surface area contributed by atoms with Gasteiger partial charge in [-0.15, -0.1) is 0 Å². The van der Waals surface area contributed by atoms with Gasteiger partial charge in [0.15, 0.2) is 0 Å². The lowest BCUT2D eigenvalue weighted by Crippen LogP contribution is -2.52. The summed E-state index contributed by atoms with van der Waals surface area (Å²) < 4.78 is 28.0. The lowest BCUT2D eigenvalue weighted by molar-refractivity contribution is -0.134. The maximum absolute atomic E-state index is 13.4. The number of nitrogens with zero attached hydrogens (tertiary/aromatic N) is 2. The van der Waals surface area contributed by atoms with Crippen molar-refractivity contribution in [1.82, 2.24) is 14.8 Å². The predicted octanol–water partition coefficient (Wildman–Crippen LogP) is 2.80. The molecule has 2 rings (SSSR count). The minimum atomic E-state index is -3.95. The molecule has 0 aliphatic carbocycles. The Hall–Kier alpha value is -2.03. The van der Waals surface area contributed by atoms with Crippen molar-refractivity contribution in [3.8, 4) is 0 Å². The third kappa shape index (κ3) is 4.82. The molecule has 27 heavy (non-hydrogen) atoms. The second-order valence-electron chi connectivity index (χ2n) is 7.32. The van der Waals surface area contributed by atoms with Gasteiger partial charge < -0.3 is 0 Å². The van der Waals surface area contributed by atoms with Crippen molar-refractivity contribution < 1.29 is 18.4 Å². The lowest BCUT2D eigenvalue weighted by Gasteiger charge is -2.32. The van der Waals surface area contributed by atoms with Crippen LogP contribution in [0.15, 0.2) is 41.4 Å². The monoisotopic (exact) mass is 393 g/mol. The molecule has 2 N–H and O–H groups in total. The molecule has 1 aromatic carbocycles. The molecule has 1 amide bonds. The number of pyridine rings is 1. The molecule has 2 aromatic rings. The number of amides is 1. The van der Waals surface area contributed by atoms with E-state index in [0.29, 0.717) is 17.3 Å². The molecule has 0 spiro atoms. The first-order valence-electron chi connectivity index (χ1n) is 8.99. The molecule has 1 aromatic heterocycles. The number of rotatable bonds is 8. The van der Waals surface area contributed by atoms with E-state index in [2.05, 4.69) is 4.98 Å². The molecule has 1 heterocycles. The quantitative estimate of drug-likeness (QED) is 0.531. The molecule has 1 unspecified atom stereocenters. The third-order valence-corrected chi connectivity index (χ3v) is 6.31. The zero-order valence-corrected chi connectivity index (χ0v) is 16.9. The molecule has 8 heteroatoms. The lowest BCUT2D eigenvalue weighted by atomic mass is 10.0. The van der Waals surface area contributed by atoms with Gasteiger partial charge in [0.05, 0.1) is 10.4 Å². The Morgan fingerprint density at radius 1 is 1.22 bits per heavy atom. The Balaban J connectivity index is 2.54. The molecule has 0 aliphatic heterocycles. The summed E-state index contributed by atoms with van der Waals surface area (Å²) in [5.74, 6) is -0.797. The summed E-state index contributed by atoms with van der Waals surface area (Å²) in [6.45, 7) is 7.66. The highest BCUT2D eigenvalue weighted by Crippen LogP contribution is 2.26. The molecule has 148 valence electrons. The molecular weight excluding hydrogens is 366 g/mol. The number of hydroxylamine groups is 1. The minimum Gasteiger partial charge on any atom is -0.289 e. The van der Waals surface area contributed by atoms with Gasteiger partial charge in [-0.25, -0.2) is 13.9 Å². The van der Waals surface area contributed by atoms with Crippen LogP contribution in [-0.4, -0.2) is 41.4 Å². The fourth-order valence-corrected chi connectivity index (χ4v) is 4.75. The maximum atomic E-state index is 13.4. The first-order valence-corrected chi connectivity index (χ1v) is 10.4. The topological polar surface area (TPSA) is 99.6 Å². The van der Waals surface area contributed by atoms with Crippen LogP contribution in [0.4, 0.5) is 0 Å². The second-order valence-corrected chi connectivity index (χ2v) is 9.21. The van der Waals surface area contributed by atoms with Gasteiger partial charge in [0.25, 0.3) is 5.91 Å². The van der Waals surface area contributed by atoms with Crippen LogP contribution in [0.3, 0.4) is 0 Å². The average molecular weight is 394 g/mol. The van der Waals surface area contributed by atoms with E-state index >= 15 is 0 Å². The highest BCUT2D eigenvalue weighted by Gasteiger charge is 2.37. The van der Waals surface area contributed by atoms with Gasteiger partial charge >= 0.3 is 0 Å².